The number of hydrogen-bond donors (Lipinski definition) is 2. The van der Waals surface area contributed by atoms with Crippen LogP contribution in [-0.4, -0.2) is 25.5 Å². The van der Waals surface area contributed by atoms with E-state index in [1.165, 1.54) is 0 Å². The van der Waals surface area contributed by atoms with Gasteiger partial charge >= 0.3 is 0 Å². The Bertz CT molecular complexity index is 269. The van der Waals surface area contributed by atoms with E-state index >= 15 is 0 Å². The van der Waals surface area contributed by atoms with E-state index in [9.17, 15) is 4.79 Å². The minimum absolute atomic E-state index is 0.177. The topological polar surface area (TPSA) is 41.1 Å². The Morgan fingerprint density at radius 2 is 2.41 bits per heavy atom. The SMILES string of the molecule is C#CCCCNC(=O)C1(CCC)CCCNC1. The Kier molecular flexibility index (Phi) is 6.07. The van der Waals surface area contributed by atoms with Crippen LogP contribution in [0.15, 0.2) is 0 Å². The maximum atomic E-state index is 12.3. The van der Waals surface area contributed by atoms with Crippen molar-refractivity contribution in [3.8, 4) is 12.3 Å². The third kappa shape index (κ3) is 4.05. The summed E-state index contributed by atoms with van der Waals surface area (Å²) in [4.78, 5) is 12.3. The molecule has 1 aliphatic heterocycles. The maximum Gasteiger partial charge on any atom is 0.227 e. The first kappa shape index (κ1) is 14.1. The van der Waals surface area contributed by atoms with Gasteiger partial charge in [-0.2, -0.15) is 0 Å². The highest BCUT2D eigenvalue weighted by atomic mass is 16.2. The van der Waals surface area contributed by atoms with E-state index in [1.54, 1.807) is 0 Å². The molecule has 0 aliphatic carbocycles. The molecule has 1 amide bonds. The van der Waals surface area contributed by atoms with Gasteiger partial charge in [0.05, 0.1) is 5.41 Å². The predicted octanol–water partition coefficient (Wildman–Crippen LogP) is 1.69. The van der Waals surface area contributed by atoms with Crippen molar-refractivity contribution in [2.45, 2.75) is 45.4 Å². The van der Waals surface area contributed by atoms with Gasteiger partial charge in [0.1, 0.15) is 0 Å². The van der Waals surface area contributed by atoms with E-state index in [0.29, 0.717) is 6.54 Å². The number of rotatable bonds is 6. The summed E-state index contributed by atoms with van der Waals surface area (Å²) >= 11 is 0. The Labute approximate surface area is 105 Å². The van der Waals surface area contributed by atoms with Crippen LogP contribution >= 0.6 is 0 Å². The molecule has 0 aromatic carbocycles. The Balaban J connectivity index is 2.45. The van der Waals surface area contributed by atoms with Crippen LogP contribution in [0.5, 0.6) is 0 Å². The first-order valence-corrected chi connectivity index (χ1v) is 6.67. The van der Waals surface area contributed by atoms with Crippen molar-refractivity contribution in [2.24, 2.45) is 5.41 Å². The summed E-state index contributed by atoms with van der Waals surface area (Å²) in [7, 11) is 0. The van der Waals surface area contributed by atoms with E-state index in [-0.39, 0.29) is 11.3 Å². The van der Waals surface area contributed by atoms with Gasteiger partial charge in [-0.25, -0.2) is 0 Å². The van der Waals surface area contributed by atoms with E-state index in [2.05, 4.69) is 23.5 Å². The molecule has 0 radical (unpaired) electrons. The monoisotopic (exact) mass is 236 g/mol. The second-order valence-electron chi connectivity index (χ2n) is 4.87. The van der Waals surface area contributed by atoms with Gasteiger partial charge in [-0.1, -0.05) is 13.3 Å². The van der Waals surface area contributed by atoms with Crippen LogP contribution in [0, 0.1) is 17.8 Å². The molecule has 1 fully saturated rings. The normalized spacial score (nSPS) is 24.0. The van der Waals surface area contributed by atoms with Crippen molar-refractivity contribution in [3.05, 3.63) is 0 Å². The summed E-state index contributed by atoms with van der Waals surface area (Å²) in [6.07, 6.45) is 10.9. The summed E-state index contributed by atoms with van der Waals surface area (Å²) in [5, 5.41) is 6.39. The molecule has 1 aliphatic rings. The zero-order chi connectivity index (χ0) is 12.6. The second kappa shape index (κ2) is 7.34. The van der Waals surface area contributed by atoms with Gasteiger partial charge in [0.25, 0.3) is 0 Å². The van der Waals surface area contributed by atoms with Crippen LogP contribution in [0.3, 0.4) is 0 Å². The number of carbonyl (C=O) groups excluding carboxylic acids is 1. The van der Waals surface area contributed by atoms with Gasteiger partial charge in [-0.15, -0.1) is 12.3 Å². The van der Waals surface area contributed by atoms with Crippen molar-refractivity contribution in [1.29, 1.82) is 0 Å². The fourth-order valence-corrected chi connectivity index (χ4v) is 2.55. The summed E-state index contributed by atoms with van der Waals surface area (Å²) in [5.41, 5.74) is -0.177. The van der Waals surface area contributed by atoms with Crippen LogP contribution < -0.4 is 10.6 Å². The van der Waals surface area contributed by atoms with Crippen LogP contribution in [0.25, 0.3) is 0 Å². The van der Waals surface area contributed by atoms with Gasteiger partial charge in [0.15, 0.2) is 0 Å². The molecule has 0 saturated carbocycles. The Morgan fingerprint density at radius 1 is 1.59 bits per heavy atom. The van der Waals surface area contributed by atoms with Gasteiger partial charge in [0.2, 0.25) is 5.91 Å². The molecular weight excluding hydrogens is 212 g/mol. The van der Waals surface area contributed by atoms with Crippen molar-refractivity contribution in [1.82, 2.24) is 10.6 Å². The summed E-state index contributed by atoms with van der Waals surface area (Å²) in [6.45, 7) is 4.70. The van der Waals surface area contributed by atoms with Crippen molar-refractivity contribution in [2.75, 3.05) is 19.6 Å². The largest absolute Gasteiger partial charge is 0.356 e. The fourth-order valence-electron chi connectivity index (χ4n) is 2.55. The quantitative estimate of drug-likeness (QED) is 0.544. The molecule has 1 atom stereocenters. The average molecular weight is 236 g/mol. The standard InChI is InChI=1S/C14H24N2O/c1-3-5-6-11-16-13(17)14(8-4-2)9-7-10-15-12-14/h1,15H,4-12H2,2H3,(H,16,17). The van der Waals surface area contributed by atoms with Crippen LogP contribution in [0.1, 0.15) is 45.4 Å². The molecule has 3 heteroatoms. The zero-order valence-electron chi connectivity index (χ0n) is 10.8. The smallest absolute Gasteiger partial charge is 0.227 e. The summed E-state index contributed by atoms with van der Waals surface area (Å²) < 4.78 is 0. The third-order valence-corrected chi connectivity index (χ3v) is 3.47. The number of nitrogens with one attached hydrogen (secondary N) is 2. The van der Waals surface area contributed by atoms with E-state index in [4.69, 9.17) is 6.42 Å². The lowest BCUT2D eigenvalue weighted by Gasteiger charge is -2.36. The van der Waals surface area contributed by atoms with Crippen molar-refractivity contribution in [3.63, 3.8) is 0 Å². The summed E-state index contributed by atoms with van der Waals surface area (Å²) in [6, 6.07) is 0. The van der Waals surface area contributed by atoms with Gasteiger partial charge in [-0.3, -0.25) is 4.79 Å². The first-order chi connectivity index (χ1) is 8.25. The van der Waals surface area contributed by atoms with E-state index < -0.39 is 0 Å². The number of unbranched alkanes of at least 4 members (excludes halogenated alkanes) is 1. The molecule has 0 aromatic rings. The molecule has 3 nitrogen and oxygen atoms in total. The zero-order valence-corrected chi connectivity index (χ0v) is 10.8. The average Bonchev–Trinajstić information content (AvgIpc) is 2.36. The van der Waals surface area contributed by atoms with Gasteiger partial charge in [0, 0.05) is 19.5 Å². The number of piperidine rings is 1. The van der Waals surface area contributed by atoms with Gasteiger partial charge < -0.3 is 10.6 Å². The predicted molar refractivity (Wildman–Crippen MR) is 70.5 cm³/mol. The Morgan fingerprint density at radius 3 is 3.00 bits per heavy atom. The highest BCUT2D eigenvalue weighted by molar-refractivity contribution is 5.83. The first-order valence-electron chi connectivity index (χ1n) is 6.67. The number of carbonyl (C=O) groups is 1. The van der Waals surface area contributed by atoms with E-state index in [0.717, 1.165) is 51.6 Å². The molecule has 2 N–H and O–H groups in total. The van der Waals surface area contributed by atoms with Crippen molar-refractivity contribution < 1.29 is 4.79 Å². The molecule has 1 heterocycles. The molecule has 96 valence electrons. The molecule has 1 unspecified atom stereocenters. The molecular formula is C14H24N2O. The summed E-state index contributed by atoms with van der Waals surface area (Å²) in [5.74, 6) is 2.80. The van der Waals surface area contributed by atoms with Crippen LogP contribution in [0.2, 0.25) is 0 Å². The molecule has 17 heavy (non-hydrogen) atoms. The lowest BCUT2D eigenvalue weighted by atomic mass is 9.76. The van der Waals surface area contributed by atoms with Crippen LogP contribution in [0.4, 0.5) is 0 Å². The molecule has 0 aromatic heterocycles. The fraction of sp³-hybridized carbons (Fsp3) is 0.786. The highest BCUT2D eigenvalue weighted by Crippen LogP contribution is 2.31. The minimum Gasteiger partial charge on any atom is -0.356 e. The number of terminal acetylenes is 1. The van der Waals surface area contributed by atoms with Crippen molar-refractivity contribution >= 4 is 5.91 Å². The lowest BCUT2D eigenvalue weighted by Crippen LogP contribution is -2.50. The lowest BCUT2D eigenvalue weighted by molar-refractivity contribution is -0.132. The van der Waals surface area contributed by atoms with Gasteiger partial charge in [-0.05, 0) is 32.2 Å². The molecule has 0 spiro atoms. The molecule has 1 rings (SSSR count). The third-order valence-electron chi connectivity index (χ3n) is 3.47. The molecule has 0 bridgehead atoms. The van der Waals surface area contributed by atoms with E-state index in [1.807, 2.05) is 0 Å². The maximum absolute atomic E-state index is 12.3. The molecule has 1 saturated heterocycles. The number of hydrogen-bond acceptors (Lipinski definition) is 2. The van der Waals surface area contributed by atoms with Crippen LogP contribution in [-0.2, 0) is 4.79 Å². The Hall–Kier alpha value is -1.01. The second-order valence-corrected chi connectivity index (χ2v) is 4.87. The highest BCUT2D eigenvalue weighted by Gasteiger charge is 2.38. The minimum atomic E-state index is -0.177. The number of amides is 1.